The Hall–Kier alpha value is 2.03. The fourth-order valence-corrected chi connectivity index (χ4v) is 12.0. The Morgan fingerprint density at radius 3 is 0.913 bits per heavy atom. The number of rotatable bonds is 12. The molecular weight excluding hydrogens is 442 g/mol. The number of hydrogen-bond donors (Lipinski definition) is 0. The highest BCUT2D eigenvalue weighted by Crippen LogP contribution is 2.79. The van der Waals surface area contributed by atoms with Crippen molar-refractivity contribution < 1.29 is 16.5 Å². The summed E-state index contributed by atoms with van der Waals surface area (Å²) in [6.45, 7) is 11.3. The second-order valence-corrected chi connectivity index (χ2v) is 20.1. The third-order valence-corrected chi connectivity index (χ3v) is 19.3. The topological polar surface area (TPSA) is 44.8 Å². The highest BCUT2D eigenvalue weighted by Gasteiger charge is 2.44. The third-order valence-electron chi connectivity index (χ3n) is 3.26. The van der Waals surface area contributed by atoms with Crippen molar-refractivity contribution >= 4 is 68.4 Å². The van der Waals surface area contributed by atoms with Gasteiger partial charge in [-0.15, -0.1) is 0 Å². The van der Waals surface area contributed by atoms with E-state index in [0.29, 0.717) is 34.5 Å². The summed E-state index contributed by atoms with van der Waals surface area (Å²) in [7, 11) is 9.24. The molecular formula is C12H30Cl3O4PS3. The molecule has 0 aliphatic rings. The second kappa shape index (κ2) is 10.4. The van der Waals surface area contributed by atoms with Gasteiger partial charge in [-0.25, -0.2) is 16.5 Å². The van der Waals surface area contributed by atoms with E-state index in [1.165, 1.54) is 0 Å². The predicted molar refractivity (Wildman–Crippen MR) is 114 cm³/mol. The number of halogens is 3. The molecule has 0 N–H and O–H groups in total. The molecule has 0 rings (SSSR count). The van der Waals surface area contributed by atoms with Gasteiger partial charge in [0.2, 0.25) is 0 Å². The summed E-state index contributed by atoms with van der Waals surface area (Å²) in [5.74, 6) is 3.21. The summed E-state index contributed by atoms with van der Waals surface area (Å²) in [4.78, 5) is 0. The van der Waals surface area contributed by atoms with Gasteiger partial charge in [-0.1, -0.05) is 41.5 Å². The van der Waals surface area contributed by atoms with Gasteiger partial charge >= 0.3 is 7.82 Å². The molecule has 0 heterocycles. The Balaban J connectivity index is 5.65. The van der Waals surface area contributed by atoms with Crippen LogP contribution in [-0.2, 0) is 16.5 Å². The van der Waals surface area contributed by atoms with Crippen molar-refractivity contribution in [3.05, 3.63) is 0 Å². The summed E-state index contributed by atoms with van der Waals surface area (Å²) in [6, 6.07) is 0. The first-order valence-electron chi connectivity index (χ1n) is 7.67. The van der Waals surface area contributed by atoms with Crippen molar-refractivity contribution in [2.24, 2.45) is 0 Å². The monoisotopic (exact) mass is 470 g/mol. The van der Waals surface area contributed by atoms with Gasteiger partial charge in [0.1, 0.15) is 0 Å². The zero-order valence-corrected chi connectivity index (χ0v) is 20.3. The largest absolute Gasteiger partial charge is 0.506 e. The standard InChI is InChI=1S/C12H30Cl3O4PS3/c1-7-21(13,8-2)17-20(16,18-22(14,9-3)10-4)19-23(15,11-5)12-6/h7-12H2,1-6H3. The van der Waals surface area contributed by atoms with E-state index in [9.17, 15) is 4.57 Å². The number of phosphoric acid groups is 1. The molecule has 0 saturated carbocycles. The van der Waals surface area contributed by atoms with Crippen molar-refractivity contribution in [3.63, 3.8) is 0 Å². The van der Waals surface area contributed by atoms with Gasteiger partial charge in [0, 0.05) is 34.5 Å². The van der Waals surface area contributed by atoms with Crippen LogP contribution in [0.3, 0.4) is 0 Å². The molecule has 4 nitrogen and oxygen atoms in total. The van der Waals surface area contributed by atoms with Gasteiger partial charge in [-0.05, 0) is 60.6 Å². The highest BCUT2D eigenvalue weighted by molar-refractivity contribution is 8.52. The maximum Gasteiger partial charge on any atom is 0.506 e. The first-order valence-corrected chi connectivity index (χ1v) is 17.3. The molecule has 0 aromatic carbocycles. The van der Waals surface area contributed by atoms with Crippen molar-refractivity contribution in [2.45, 2.75) is 41.5 Å². The van der Waals surface area contributed by atoms with E-state index >= 15 is 0 Å². The first kappa shape index (κ1) is 25.0. The van der Waals surface area contributed by atoms with E-state index in [1.807, 2.05) is 41.5 Å². The Bertz CT molecular complexity index is 348. The van der Waals surface area contributed by atoms with Crippen LogP contribution in [0.2, 0.25) is 0 Å². The van der Waals surface area contributed by atoms with Crippen molar-refractivity contribution in [1.29, 1.82) is 0 Å². The van der Waals surface area contributed by atoms with E-state index in [4.69, 9.17) is 44.0 Å². The average Bonchev–Trinajstić information content (AvgIpc) is 2.53. The average molecular weight is 472 g/mol. The molecule has 0 atom stereocenters. The lowest BCUT2D eigenvalue weighted by Gasteiger charge is -2.41. The molecule has 11 heteroatoms. The van der Waals surface area contributed by atoms with Crippen molar-refractivity contribution in [2.75, 3.05) is 34.5 Å². The van der Waals surface area contributed by atoms with E-state index < -0.39 is 36.4 Å². The Kier molecular flexibility index (Phi) is 11.3. The van der Waals surface area contributed by atoms with Crippen LogP contribution in [0.25, 0.3) is 0 Å². The van der Waals surface area contributed by atoms with E-state index in [-0.39, 0.29) is 0 Å². The molecule has 0 fully saturated rings. The molecule has 0 unspecified atom stereocenters. The summed E-state index contributed by atoms with van der Waals surface area (Å²) in [6.07, 6.45) is 0. The van der Waals surface area contributed by atoms with Crippen LogP contribution < -0.4 is 0 Å². The van der Waals surface area contributed by atoms with Crippen LogP contribution in [0.4, 0.5) is 0 Å². The summed E-state index contributed by atoms with van der Waals surface area (Å²) in [5.41, 5.74) is 0. The summed E-state index contributed by atoms with van der Waals surface area (Å²) < 4.78 is 30.6. The number of hydrogen-bond acceptors (Lipinski definition) is 4. The Labute approximate surface area is 160 Å². The van der Waals surface area contributed by atoms with Crippen LogP contribution in [0.5, 0.6) is 0 Å². The van der Waals surface area contributed by atoms with Crippen molar-refractivity contribution in [3.8, 4) is 0 Å². The fourth-order valence-electron chi connectivity index (χ4n) is 1.46. The maximum atomic E-state index is 13.4. The quantitative estimate of drug-likeness (QED) is 0.271. The zero-order valence-electron chi connectivity index (χ0n) is 14.7. The molecule has 0 aromatic heterocycles. The SMILES string of the molecule is CCS(Cl)(CC)OP(=O)(OS(Cl)(CC)CC)OS(Cl)(CC)CC. The molecule has 146 valence electrons. The smallest absolute Gasteiger partial charge is 0.225 e. The molecule has 0 saturated heterocycles. The van der Waals surface area contributed by atoms with Crippen molar-refractivity contribution in [1.82, 2.24) is 0 Å². The van der Waals surface area contributed by atoms with Crippen LogP contribution in [0, 0.1) is 0 Å². The zero-order chi connectivity index (χ0) is 18.4. The van der Waals surface area contributed by atoms with E-state index in [2.05, 4.69) is 0 Å². The van der Waals surface area contributed by atoms with Crippen LogP contribution in [0.1, 0.15) is 41.5 Å². The van der Waals surface area contributed by atoms with Crippen LogP contribution in [0.15, 0.2) is 0 Å². The van der Waals surface area contributed by atoms with Gasteiger partial charge in [0.15, 0.2) is 0 Å². The maximum absolute atomic E-state index is 13.4. The predicted octanol–water partition coefficient (Wildman–Crippen LogP) is 7.88. The van der Waals surface area contributed by atoms with Crippen LogP contribution in [-0.4, -0.2) is 34.5 Å². The molecule has 0 spiro atoms. The first-order chi connectivity index (χ1) is 10.5. The Morgan fingerprint density at radius 1 is 0.609 bits per heavy atom. The van der Waals surface area contributed by atoms with Gasteiger partial charge in [0.05, 0.1) is 0 Å². The molecule has 0 radical (unpaired) electrons. The van der Waals surface area contributed by atoms with Gasteiger partial charge < -0.3 is 0 Å². The molecule has 23 heavy (non-hydrogen) atoms. The van der Waals surface area contributed by atoms with Gasteiger partial charge in [0.25, 0.3) is 0 Å². The van der Waals surface area contributed by atoms with Gasteiger partial charge in [-0.3, -0.25) is 0 Å². The molecule has 0 aromatic rings. The lowest BCUT2D eigenvalue weighted by Crippen LogP contribution is -2.12. The van der Waals surface area contributed by atoms with Gasteiger partial charge in [-0.2, -0.15) is 0 Å². The fraction of sp³-hybridized carbons (Fsp3) is 1.00. The lowest BCUT2D eigenvalue weighted by atomic mass is 11.0. The minimum Gasteiger partial charge on any atom is -0.225 e. The molecule has 0 bridgehead atoms. The highest BCUT2D eigenvalue weighted by atomic mass is 35.7. The second-order valence-electron chi connectivity index (χ2n) is 4.57. The van der Waals surface area contributed by atoms with E-state index in [0.717, 1.165) is 0 Å². The van der Waals surface area contributed by atoms with E-state index in [1.54, 1.807) is 0 Å². The molecule has 0 aliphatic carbocycles. The summed E-state index contributed by atoms with van der Waals surface area (Å²) in [5, 5.41) is 0. The normalized spacial score (nSPS) is 16.4. The molecule has 0 amide bonds. The Morgan fingerprint density at radius 2 is 0.783 bits per heavy atom. The molecule has 0 aliphatic heterocycles. The minimum atomic E-state index is -3.97. The van der Waals surface area contributed by atoms with Crippen LogP contribution >= 0.6 is 68.4 Å². The third kappa shape index (κ3) is 8.06. The lowest BCUT2D eigenvalue weighted by molar-refractivity contribution is 0.340. The minimum absolute atomic E-state index is 0.535. The summed E-state index contributed by atoms with van der Waals surface area (Å²) >= 11 is 0.